The van der Waals surface area contributed by atoms with Crippen molar-refractivity contribution in [2.45, 2.75) is 13.3 Å². The molecule has 3 aromatic rings. The molecule has 0 aliphatic rings. The first-order valence-electron chi connectivity index (χ1n) is 6.08. The Bertz CT molecular complexity index is 763. The Kier molecular flexibility index (Phi) is 3.01. The summed E-state index contributed by atoms with van der Waals surface area (Å²) in [7, 11) is 0. The fourth-order valence-electron chi connectivity index (χ4n) is 1.86. The summed E-state index contributed by atoms with van der Waals surface area (Å²) in [5.41, 5.74) is 3.15. The minimum atomic E-state index is 0.303. The topological polar surface area (TPSA) is 91.4 Å². The van der Waals surface area contributed by atoms with Crippen molar-refractivity contribution < 1.29 is 4.52 Å². The molecule has 0 bridgehead atoms. The molecule has 0 aliphatic carbocycles. The van der Waals surface area contributed by atoms with Crippen LogP contribution in [0.15, 0.2) is 35.0 Å². The molecule has 0 unspecified atom stereocenters. The van der Waals surface area contributed by atoms with E-state index in [4.69, 9.17) is 9.78 Å². The molecule has 0 aliphatic heterocycles. The van der Waals surface area contributed by atoms with Crippen molar-refractivity contribution in [3.05, 3.63) is 53.1 Å². The highest BCUT2D eigenvalue weighted by atomic mass is 16.5. The second kappa shape index (κ2) is 4.97. The van der Waals surface area contributed by atoms with Crippen molar-refractivity contribution >= 4 is 0 Å². The first kappa shape index (κ1) is 12.1. The number of aromatic amines is 1. The molecule has 0 radical (unpaired) electrons. The summed E-state index contributed by atoms with van der Waals surface area (Å²) < 4.78 is 5.18. The van der Waals surface area contributed by atoms with Gasteiger partial charge in [0.1, 0.15) is 11.8 Å². The van der Waals surface area contributed by atoms with E-state index in [2.05, 4.69) is 20.3 Å². The zero-order valence-electron chi connectivity index (χ0n) is 10.8. The number of aryl methyl sites for hydroxylation is 1. The van der Waals surface area contributed by atoms with Crippen molar-refractivity contribution in [3.63, 3.8) is 0 Å². The number of nitrogens with zero attached hydrogens (tertiary/aromatic N) is 4. The first-order valence-corrected chi connectivity index (χ1v) is 6.08. The van der Waals surface area contributed by atoms with Gasteiger partial charge in [-0.2, -0.15) is 15.3 Å². The van der Waals surface area contributed by atoms with Gasteiger partial charge in [0.2, 0.25) is 0 Å². The molecule has 20 heavy (non-hydrogen) atoms. The fourth-order valence-corrected chi connectivity index (χ4v) is 1.86. The molecule has 0 spiro atoms. The monoisotopic (exact) mass is 265 g/mol. The van der Waals surface area contributed by atoms with Crippen LogP contribution in [0.5, 0.6) is 0 Å². The molecule has 0 fully saturated rings. The minimum Gasteiger partial charge on any atom is -0.334 e. The number of aromatic nitrogens is 4. The van der Waals surface area contributed by atoms with E-state index >= 15 is 0 Å². The molecule has 0 amide bonds. The molecule has 6 heteroatoms. The maximum atomic E-state index is 8.93. The lowest BCUT2D eigenvalue weighted by molar-refractivity contribution is 0.424. The van der Waals surface area contributed by atoms with Gasteiger partial charge in [0.25, 0.3) is 5.89 Å². The van der Waals surface area contributed by atoms with E-state index in [1.165, 1.54) is 11.8 Å². The first-order chi connectivity index (χ1) is 9.76. The summed E-state index contributed by atoms with van der Waals surface area (Å²) in [5, 5.41) is 19.2. The van der Waals surface area contributed by atoms with E-state index in [0.29, 0.717) is 29.4 Å². The normalized spacial score (nSPS) is 10.4. The van der Waals surface area contributed by atoms with Crippen molar-refractivity contribution in [1.82, 2.24) is 20.3 Å². The van der Waals surface area contributed by atoms with Crippen molar-refractivity contribution in [2.75, 3.05) is 0 Å². The Morgan fingerprint density at radius 1 is 1.30 bits per heavy atom. The van der Waals surface area contributed by atoms with Gasteiger partial charge in [-0.25, -0.2) is 0 Å². The molecule has 98 valence electrons. The van der Waals surface area contributed by atoms with Crippen LogP contribution < -0.4 is 0 Å². The molecule has 2 aromatic heterocycles. The van der Waals surface area contributed by atoms with Gasteiger partial charge < -0.3 is 4.52 Å². The predicted molar refractivity (Wildman–Crippen MR) is 70.6 cm³/mol. The maximum absolute atomic E-state index is 8.93. The molecular weight excluding hydrogens is 254 g/mol. The van der Waals surface area contributed by atoms with Gasteiger partial charge in [-0.15, -0.1) is 0 Å². The van der Waals surface area contributed by atoms with Gasteiger partial charge in [-0.3, -0.25) is 5.10 Å². The van der Waals surface area contributed by atoms with Gasteiger partial charge in [0, 0.05) is 6.42 Å². The Morgan fingerprint density at radius 3 is 2.85 bits per heavy atom. The SMILES string of the molecule is Cc1ccc(Cc2noc(-c3cn[nH]c3C#N)n2)cc1. The molecule has 1 N–H and O–H groups in total. The summed E-state index contributed by atoms with van der Waals surface area (Å²) in [4.78, 5) is 4.29. The minimum absolute atomic E-state index is 0.303. The van der Waals surface area contributed by atoms with Crippen molar-refractivity contribution in [2.24, 2.45) is 0 Å². The zero-order chi connectivity index (χ0) is 13.9. The lowest BCUT2D eigenvalue weighted by atomic mass is 10.1. The third kappa shape index (κ3) is 2.29. The predicted octanol–water partition coefficient (Wildman–Crippen LogP) is 2.23. The Labute approximate surface area is 115 Å². The lowest BCUT2D eigenvalue weighted by Gasteiger charge is -1.96. The smallest absolute Gasteiger partial charge is 0.262 e. The number of benzene rings is 1. The van der Waals surface area contributed by atoms with Crippen molar-refractivity contribution in [3.8, 4) is 17.5 Å². The number of hydrogen-bond donors (Lipinski definition) is 1. The molecule has 6 nitrogen and oxygen atoms in total. The summed E-state index contributed by atoms with van der Waals surface area (Å²) in [6, 6.07) is 10.1. The summed E-state index contributed by atoms with van der Waals surface area (Å²) >= 11 is 0. The van der Waals surface area contributed by atoms with Crippen molar-refractivity contribution in [1.29, 1.82) is 5.26 Å². The van der Waals surface area contributed by atoms with Gasteiger partial charge in [0.05, 0.1) is 11.8 Å². The van der Waals surface area contributed by atoms with Crippen LogP contribution in [0, 0.1) is 18.3 Å². The zero-order valence-corrected chi connectivity index (χ0v) is 10.8. The van der Waals surface area contributed by atoms with Crippen LogP contribution in [-0.4, -0.2) is 20.3 Å². The largest absolute Gasteiger partial charge is 0.334 e. The van der Waals surface area contributed by atoms with E-state index in [1.807, 2.05) is 37.3 Å². The second-order valence-corrected chi connectivity index (χ2v) is 4.45. The van der Waals surface area contributed by atoms with E-state index in [0.717, 1.165) is 5.56 Å². The molecule has 0 saturated carbocycles. The number of H-pyrrole nitrogens is 1. The second-order valence-electron chi connectivity index (χ2n) is 4.45. The quantitative estimate of drug-likeness (QED) is 0.784. The standard InChI is InChI=1S/C14H11N5O/c1-9-2-4-10(5-3-9)6-13-17-14(20-19-13)11-8-16-18-12(11)7-15/h2-5,8H,6H2,1H3,(H,16,18). The summed E-state index contributed by atoms with van der Waals surface area (Å²) in [6.45, 7) is 2.04. The summed E-state index contributed by atoms with van der Waals surface area (Å²) in [5.74, 6) is 0.881. The van der Waals surface area contributed by atoms with Gasteiger partial charge in [0.15, 0.2) is 5.82 Å². The maximum Gasteiger partial charge on any atom is 0.262 e. The highest BCUT2D eigenvalue weighted by Crippen LogP contribution is 2.20. The third-order valence-corrected chi connectivity index (χ3v) is 2.93. The van der Waals surface area contributed by atoms with E-state index in [1.54, 1.807) is 0 Å². The molecule has 0 atom stereocenters. The molecule has 3 rings (SSSR count). The van der Waals surface area contributed by atoms with Crippen LogP contribution in [-0.2, 0) is 6.42 Å². The molecular formula is C14H11N5O. The average Bonchev–Trinajstić information content (AvgIpc) is 3.09. The highest BCUT2D eigenvalue weighted by Gasteiger charge is 2.14. The Hall–Kier alpha value is -2.94. The van der Waals surface area contributed by atoms with E-state index < -0.39 is 0 Å². The Morgan fingerprint density at radius 2 is 2.10 bits per heavy atom. The van der Waals surface area contributed by atoms with Crippen LogP contribution in [0.2, 0.25) is 0 Å². The van der Waals surface area contributed by atoms with Crippen LogP contribution in [0.4, 0.5) is 0 Å². The average molecular weight is 265 g/mol. The lowest BCUT2D eigenvalue weighted by Crippen LogP contribution is -1.91. The highest BCUT2D eigenvalue weighted by molar-refractivity contribution is 5.59. The molecule has 1 aromatic carbocycles. The van der Waals surface area contributed by atoms with Gasteiger partial charge in [-0.1, -0.05) is 35.0 Å². The third-order valence-electron chi connectivity index (χ3n) is 2.93. The van der Waals surface area contributed by atoms with Gasteiger partial charge >= 0.3 is 0 Å². The number of nitriles is 1. The Balaban J connectivity index is 1.84. The van der Waals surface area contributed by atoms with Gasteiger partial charge in [-0.05, 0) is 12.5 Å². The molecule has 2 heterocycles. The van der Waals surface area contributed by atoms with Crippen LogP contribution >= 0.6 is 0 Å². The van der Waals surface area contributed by atoms with E-state index in [-0.39, 0.29) is 0 Å². The summed E-state index contributed by atoms with van der Waals surface area (Å²) in [6.07, 6.45) is 2.09. The number of hydrogen-bond acceptors (Lipinski definition) is 5. The van der Waals surface area contributed by atoms with Crippen LogP contribution in [0.1, 0.15) is 22.6 Å². The molecule has 0 saturated heterocycles. The number of rotatable bonds is 3. The van der Waals surface area contributed by atoms with Crippen LogP contribution in [0.25, 0.3) is 11.5 Å². The van der Waals surface area contributed by atoms with Crippen LogP contribution in [0.3, 0.4) is 0 Å². The number of nitrogens with one attached hydrogen (secondary N) is 1. The van der Waals surface area contributed by atoms with E-state index in [9.17, 15) is 0 Å². The fraction of sp³-hybridized carbons (Fsp3) is 0.143.